The highest BCUT2D eigenvalue weighted by Crippen LogP contribution is 2.30. The van der Waals surface area contributed by atoms with Crippen LogP contribution in [0.4, 0.5) is 10.2 Å². The summed E-state index contributed by atoms with van der Waals surface area (Å²) >= 11 is 6.09. The van der Waals surface area contributed by atoms with Crippen LogP contribution in [0.15, 0.2) is 36.7 Å². The molecular weight excluding hydrogens is 431 g/mol. The van der Waals surface area contributed by atoms with Crippen molar-refractivity contribution in [3.63, 3.8) is 0 Å². The van der Waals surface area contributed by atoms with Crippen LogP contribution in [0, 0.1) is 5.82 Å². The van der Waals surface area contributed by atoms with E-state index in [0.717, 1.165) is 54.8 Å². The van der Waals surface area contributed by atoms with Crippen molar-refractivity contribution < 1.29 is 13.9 Å². The van der Waals surface area contributed by atoms with Crippen LogP contribution in [0.2, 0.25) is 5.02 Å². The molecule has 1 aliphatic heterocycles. The summed E-state index contributed by atoms with van der Waals surface area (Å²) in [4.78, 5) is 11.1. The molecule has 0 spiro atoms. The van der Waals surface area contributed by atoms with Gasteiger partial charge < -0.3 is 14.8 Å². The van der Waals surface area contributed by atoms with E-state index in [2.05, 4.69) is 20.2 Å². The average molecular weight is 459 g/mol. The van der Waals surface area contributed by atoms with Crippen LogP contribution >= 0.6 is 11.6 Å². The van der Waals surface area contributed by atoms with Crippen LogP contribution in [0.25, 0.3) is 10.9 Å². The van der Waals surface area contributed by atoms with Gasteiger partial charge in [0.2, 0.25) is 5.82 Å². The average Bonchev–Trinajstić information content (AvgIpc) is 2.78. The van der Waals surface area contributed by atoms with E-state index in [1.165, 1.54) is 0 Å². The first-order valence-corrected chi connectivity index (χ1v) is 11.4. The van der Waals surface area contributed by atoms with Crippen molar-refractivity contribution in [2.24, 2.45) is 0 Å². The van der Waals surface area contributed by atoms with Gasteiger partial charge in [-0.2, -0.15) is 4.39 Å². The Balaban J connectivity index is 1.39. The number of likely N-dealkylation sites (tertiary alicyclic amines) is 1. The molecule has 0 bridgehead atoms. The Morgan fingerprint density at radius 3 is 2.41 bits per heavy atom. The highest BCUT2D eigenvalue weighted by atomic mass is 35.5. The zero-order valence-corrected chi connectivity index (χ0v) is 19.2. The van der Waals surface area contributed by atoms with Crippen LogP contribution in [0.3, 0.4) is 0 Å². The van der Waals surface area contributed by atoms with Crippen LogP contribution in [0.5, 0.6) is 11.5 Å². The van der Waals surface area contributed by atoms with Crippen molar-refractivity contribution in [3.05, 3.63) is 53.1 Å². The molecule has 4 rings (SSSR count). The van der Waals surface area contributed by atoms with E-state index in [9.17, 15) is 4.39 Å². The molecule has 2 aromatic carbocycles. The fourth-order valence-corrected chi connectivity index (χ4v) is 4.24. The van der Waals surface area contributed by atoms with Gasteiger partial charge in [0.15, 0.2) is 11.5 Å². The lowest BCUT2D eigenvalue weighted by atomic mass is 10.0. The van der Waals surface area contributed by atoms with Crippen molar-refractivity contribution in [2.75, 3.05) is 31.6 Å². The zero-order valence-electron chi connectivity index (χ0n) is 18.4. The molecular formula is C24H28ClFN4O2. The van der Waals surface area contributed by atoms with Gasteiger partial charge in [0, 0.05) is 36.1 Å². The predicted octanol–water partition coefficient (Wildman–Crippen LogP) is 5.30. The molecule has 0 atom stereocenters. The minimum absolute atomic E-state index is 0.251. The Morgan fingerprint density at radius 2 is 1.75 bits per heavy atom. The smallest absolute Gasteiger partial charge is 0.206 e. The number of rotatable bonds is 8. The monoisotopic (exact) mass is 458 g/mol. The largest absolute Gasteiger partial charge is 0.491 e. The summed E-state index contributed by atoms with van der Waals surface area (Å²) in [5.41, 5.74) is 1.82. The number of nitrogens with one attached hydrogen (secondary N) is 1. The van der Waals surface area contributed by atoms with Crippen LogP contribution in [0.1, 0.15) is 32.3 Å². The van der Waals surface area contributed by atoms with Crippen molar-refractivity contribution in [3.8, 4) is 11.5 Å². The van der Waals surface area contributed by atoms with Gasteiger partial charge in [-0.25, -0.2) is 9.97 Å². The third kappa shape index (κ3) is 5.22. The number of benzene rings is 2. The van der Waals surface area contributed by atoms with Gasteiger partial charge >= 0.3 is 0 Å². The first-order chi connectivity index (χ1) is 15.6. The summed E-state index contributed by atoms with van der Waals surface area (Å²) in [7, 11) is 0. The number of ether oxygens (including phenoxy) is 2. The van der Waals surface area contributed by atoms with E-state index >= 15 is 0 Å². The topological polar surface area (TPSA) is 59.5 Å². The standard InChI is InChI=1S/C24H28ClFN4O2/c1-3-31-21-11-16(12-22(23(21)26)32-4-2)14-30-9-7-18(8-10-30)29-24-19-6-5-17(25)13-20(19)27-15-28-24/h5-6,11-13,15,18H,3-4,7-10,14H2,1-2H3,(H,27,28,29). The quantitative estimate of drug-likeness (QED) is 0.494. The van der Waals surface area contributed by atoms with Gasteiger partial charge in [0.1, 0.15) is 12.1 Å². The van der Waals surface area contributed by atoms with Crippen LogP contribution in [-0.4, -0.2) is 47.2 Å². The number of fused-ring (bicyclic) bond motifs is 1. The van der Waals surface area contributed by atoms with E-state index in [1.54, 1.807) is 18.5 Å². The SMILES string of the molecule is CCOc1cc(CN2CCC(Nc3ncnc4cc(Cl)ccc34)CC2)cc(OCC)c1F. The Kier molecular flexibility index (Phi) is 7.27. The molecule has 1 aliphatic rings. The summed E-state index contributed by atoms with van der Waals surface area (Å²) in [6.45, 7) is 7.09. The van der Waals surface area contributed by atoms with Gasteiger partial charge in [0.05, 0.1) is 18.7 Å². The minimum Gasteiger partial charge on any atom is -0.491 e. The summed E-state index contributed by atoms with van der Waals surface area (Å²) < 4.78 is 25.5. The van der Waals surface area contributed by atoms with Crippen molar-refractivity contribution >= 4 is 28.3 Å². The normalized spacial score (nSPS) is 15.1. The van der Waals surface area contributed by atoms with E-state index in [4.69, 9.17) is 21.1 Å². The van der Waals surface area contributed by atoms with Crippen molar-refractivity contribution in [1.29, 1.82) is 0 Å². The first-order valence-electron chi connectivity index (χ1n) is 11.0. The molecule has 0 unspecified atom stereocenters. The summed E-state index contributed by atoms with van der Waals surface area (Å²) in [6, 6.07) is 9.55. The van der Waals surface area contributed by atoms with Gasteiger partial charge in [-0.15, -0.1) is 0 Å². The minimum atomic E-state index is -0.432. The fourth-order valence-electron chi connectivity index (χ4n) is 4.07. The number of hydrogen-bond acceptors (Lipinski definition) is 6. The Bertz CT molecular complexity index is 1050. The predicted molar refractivity (Wildman–Crippen MR) is 125 cm³/mol. The van der Waals surface area contributed by atoms with Gasteiger partial charge in [-0.1, -0.05) is 11.6 Å². The third-order valence-electron chi connectivity index (χ3n) is 5.60. The second-order valence-electron chi connectivity index (χ2n) is 7.85. The molecule has 1 N–H and O–H groups in total. The third-order valence-corrected chi connectivity index (χ3v) is 5.83. The van der Waals surface area contributed by atoms with Gasteiger partial charge in [0.25, 0.3) is 0 Å². The lowest BCUT2D eigenvalue weighted by molar-refractivity contribution is 0.210. The second kappa shape index (κ2) is 10.3. The van der Waals surface area contributed by atoms with Crippen LogP contribution < -0.4 is 14.8 Å². The molecule has 0 radical (unpaired) electrons. The van der Waals surface area contributed by atoms with Crippen molar-refractivity contribution in [1.82, 2.24) is 14.9 Å². The molecule has 3 aromatic rings. The lowest BCUT2D eigenvalue weighted by Crippen LogP contribution is -2.38. The maximum absolute atomic E-state index is 14.5. The molecule has 0 saturated carbocycles. The maximum Gasteiger partial charge on any atom is 0.206 e. The highest BCUT2D eigenvalue weighted by Gasteiger charge is 2.22. The van der Waals surface area contributed by atoms with E-state index in [-0.39, 0.29) is 11.5 Å². The summed E-state index contributed by atoms with van der Waals surface area (Å²) in [5, 5.41) is 5.21. The van der Waals surface area contributed by atoms with Gasteiger partial charge in [-0.05, 0) is 62.6 Å². The van der Waals surface area contributed by atoms with E-state index in [0.29, 0.717) is 24.3 Å². The lowest BCUT2D eigenvalue weighted by Gasteiger charge is -2.33. The Labute approximate surface area is 192 Å². The second-order valence-corrected chi connectivity index (χ2v) is 8.29. The van der Waals surface area contributed by atoms with E-state index < -0.39 is 5.82 Å². The molecule has 2 heterocycles. The number of anilines is 1. The molecule has 1 aromatic heterocycles. The van der Waals surface area contributed by atoms with Crippen molar-refractivity contribution in [2.45, 2.75) is 39.3 Å². The first kappa shape index (κ1) is 22.6. The number of aromatic nitrogens is 2. The Morgan fingerprint density at radius 1 is 1.06 bits per heavy atom. The molecule has 8 heteroatoms. The number of hydrogen-bond donors (Lipinski definition) is 1. The van der Waals surface area contributed by atoms with Crippen LogP contribution in [-0.2, 0) is 6.54 Å². The Hall–Kier alpha value is -2.64. The molecule has 0 aliphatic carbocycles. The number of nitrogens with zero attached hydrogens (tertiary/aromatic N) is 3. The maximum atomic E-state index is 14.5. The molecule has 1 saturated heterocycles. The van der Waals surface area contributed by atoms with E-state index in [1.807, 2.05) is 32.0 Å². The zero-order chi connectivity index (χ0) is 22.5. The molecule has 32 heavy (non-hydrogen) atoms. The highest BCUT2D eigenvalue weighted by molar-refractivity contribution is 6.31. The molecule has 0 amide bonds. The molecule has 6 nitrogen and oxygen atoms in total. The fraction of sp³-hybridized carbons (Fsp3) is 0.417. The molecule has 170 valence electrons. The summed E-state index contributed by atoms with van der Waals surface area (Å²) in [5.74, 6) is 0.909. The molecule has 1 fully saturated rings. The van der Waals surface area contributed by atoms with Gasteiger partial charge in [-0.3, -0.25) is 4.90 Å². The summed E-state index contributed by atoms with van der Waals surface area (Å²) in [6.07, 6.45) is 3.53. The number of piperidine rings is 1. The number of halogens is 2.